The summed E-state index contributed by atoms with van der Waals surface area (Å²) in [5, 5.41) is 3.03. The molecule has 100 valence electrons. The molecule has 0 aliphatic rings. The SMILES string of the molecule is CCc1ccc(CN(C)C(=O)C(C)(C)NC)cc1. The highest BCUT2D eigenvalue weighted by Crippen LogP contribution is 2.11. The van der Waals surface area contributed by atoms with Crippen molar-refractivity contribution >= 4 is 5.91 Å². The Balaban J connectivity index is 2.69. The predicted molar refractivity (Wildman–Crippen MR) is 75.4 cm³/mol. The number of nitrogens with zero attached hydrogens (tertiary/aromatic N) is 1. The van der Waals surface area contributed by atoms with Crippen molar-refractivity contribution in [2.75, 3.05) is 14.1 Å². The summed E-state index contributed by atoms with van der Waals surface area (Å²) in [7, 11) is 3.65. The highest BCUT2D eigenvalue weighted by Gasteiger charge is 2.28. The summed E-state index contributed by atoms with van der Waals surface area (Å²) in [5.41, 5.74) is 1.97. The number of likely N-dealkylation sites (N-methyl/N-ethyl adjacent to an activating group) is 2. The molecule has 3 nitrogen and oxygen atoms in total. The van der Waals surface area contributed by atoms with Crippen LogP contribution in [0.25, 0.3) is 0 Å². The molecule has 0 heterocycles. The van der Waals surface area contributed by atoms with Crippen LogP contribution in [0.15, 0.2) is 24.3 Å². The first-order valence-electron chi connectivity index (χ1n) is 6.43. The number of hydrogen-bond donors (Lipinski definition) is 1. The highest BCUT2D eigenvalue weighted by molar-refractivity contribution is 5.85. The summed E-state index contributed by atoms with van der Waals surface area (Å²) < 4.78 is 0. The van der Waals surface area contributed by atoms with Crippen LogP contribution in [0.2, 0.25) is 0 Å². The van der Waals surface area contributed by atoms with E-state index in [1.807, 2.05) is 27.9 Å². The van der Waals surface area contributed by atoms with Gasteiger partial charge in [-0.25, -0.2) is 0 Å². The van der Waals surface area contributed by atoms with Crippen molar-refractivity contribution in [3.8, 4) is 0 Å². The summed E-state index contributed by atoms with van der Waals surface area (Å²) in [6.45, 7) is 6.58. The lowest BCUT2D eigenvalue weighted by Crippen LogP contribution is -2.51. The second kappa shape index (κ2) is 6.01. The lowest BCUT2D eigenvalue weighted by atomic mass is 10.0. The molecule has 0 bridgehead atoms. The van der Waals surface area contributed by atoms with E-state index in [1.165, 1.54) is 5.56 Å². The minimum absolute atomic E-state index is 0.101. The van der Waals surface area contributed by atoms with Gasteiger partial charge in [-0.15, -0.1) is 0 Å². The van der Waals surface area contributed by atoms with Crippen LogP contribution in [0, 0.1) is 0 Å². The van der Waals surface area contributed by atoms with Crippen molar-refractivity contribution in [3.63, 3.8) is 0 Å². The number of carbonyl (C=O) groups is 1. The third-order valence-electron chi connectivity index (χ3n) is 3.36. The van der Waals surface area contributed by atoms with Gasteiger partial charge in [0.2, 0.25) is 5.91 Å². The first-order valence-corrected chi connectivity index (χ1v) is 6.43. The Bertz CT molecular complexity index is 395. The van der Waals surface area contributed by atoms with Crippen LogP contribution >= 0.6 is 0 Å². The molecule has 0 aliphatic carbocycles. The number of rotatable bonds is 5. The van der Waals surface area contributed by atoms with E-state index < -0.39 is 5.54 Å². The summed E-state index contributed by atoms with van der Waals surface area (Å²) in [6, 6.07) is 8.43. The second-order valence-corrected chi connectivity index (χ2v) is 5.21. The summed E-state index contributed by atoms with van der Waals surface area (Å²) in [5.74, 6) is 0.101. The smallest absolute Gasteiger partial charge is 0.242 e. The van der Waals surface area contributed by atoms with E-state index in [1.54, 1.807) is 4.90 Å². The van der Waals surface area contributed by atoms with Crippen molar-refractivity contribution in [2.45, 2.75) is 39.3 Å². The van der Waals surface area contributed by atoms with Gasteiger partial charge in [-0.1, -0.05) is 31.2 Å². The van der Waals surface area contributed by atoms with Crippen LogP contribution in [0.1, 0.15) is 31.9 Å². The van der Waals surface area contributed by atoms with Crippen LogP contribution in [0.4, 0.5) is 0 Å². The number of aryl methyl sites for hydroxylation is 1. The van der Waals surface area contributed by atoms with Gasteiger partial charge in [-0.05, 0) is 38.4 Å². The van der Waals surface area contributed by atoms with E-state index in [9.17, 15) is 4.79 Å². The molecule has 0 spiro atoms. The van der Waals surface area contributed by atoms with Gasteiger partial charge in [0.15, 0.2) is 0 Å². The largest absolute Gasteiger partial charge is 0.340 e. The zero-order valence-corrected chi connectivity index (χ0v) is 12.1. The topological polar surface area (TPSA) is 32.3 Å². The lowest BCUT2D eigenvalue weighted by Gasteiger charge is -2.29. The quantitative estimate of drug-likeness (QED) is 0.866. The molecule has 0 unspecified atom stereocenters. The van der Waals surface area contributed by atoms with Crippen molar-refractivity contribution in [2.24, 2.45) is 0 Å². The molecule has 18 heavy (non-hydrogen) atoms. The minimum Gasteiger partial charge on any atom is -0.340 e. The van der Waals surface area contributed by atoms with Crippen LogP contribution in [0.5, 0.6) is 0 Å². The standard InChI is InChI=1S/C15H24N2O/c1-6-12-7-9-13(10-8-12)11-17(5)14(18)15(2,3)16-4/h7-10,16H,6,11H2,1-5H3. The first-order chi connectivity index (χ1) is 8.40. The van der Waals surface area contributed by atoms with Gasteiger partial charge < -0.3 is 10.2 Å². The molecule has 0 fully saturated rings. The number of amides is 1. The fourth-order valence-corrected chi connectivity index (χ4v) is 1.81. The van der Waals surface area contributed by atoms with Crippen LogP contribution < -0.4 is 5.32 Å². The Morgan fingerprint density at radius 3 is 2.17 bits per heavy atom. The van der Waals surface area contributed by atoms with Gasteiger partial charge in [-0.2, -0.15) is 0 Å². The van der Waals surface area contributed by atoms with Gasteiger partial charge in [0.1, 0.15) is 0 Å². The van der Waals surface area contributed by atoms with Crippen molar-refractivity contribution in [3.05, 3.63) is 35.4 Å². The fraction of sp³-hybridized carbons (Fsp3) is 0.533. The number of benzene rings is 1. The molecule has 1 aromatic rings. The zero-order chi connectivity index (χ0) is 13.8. The van der Waals surface area contributed by atoms with Gasteiger partial charge >= 0.3 is 0 Å². The molecule has 0 saturated heterocycles. The minimum atomic E-state index is -0.516. The van der Waals surface area contributed by atoms with Gasteiger partial charge in [0.25, 0.3) is 0 Å². The van der Waals surface area contributed by atoms with E-state index in [4.69, 9.17) is 0 Å². The first kappa shape index (κ1) is 14.7. The zero-order valence-electron chi connectivity index (χ0n) is 12.1. The van der Waals surface area contributed by atoms with E-state index in [-0.39, 0.29) is 5.91 Å². The maximum absolute atomic E-state index is 12.2. The Morgan fingerprint density at radius 1 is 1.22 bits per heavy atom. The van der Waals surface area contributed by atoms with Gasteiger partial charge in [-0.3, -0.25) is 4.79 Å². The Hall–Kier alpha value is -1.35. The monoisotopic (exact) mass is 248 g/mol. The third-order valence-corrected chi connectivity index (χ3v) is 3.36. The molecule has 0 aliphatic heterocycles. The van der Waals surface area contributed by atoms with Gasteiger partial charge in [0.05, 0.1) is 5.54 Å². The van der Waals surface area contributed by atoms with E-state index in [2.05, 4.69) is 36.5 Å². The highest BCUT2D eigenvalue weighted by atomic mass is 16.2. The molecule has 1 rings (SSSR count). The Kier molecular flexibility index (Phi) is 4.91. The third kappa shape index (κ3) is 3.57. The molecule has 3 heteroatoms. The predicted octanol–water partition coefficient (Wildman–Crippen LogP) is 2.21. The number of hydrogen-bond acceptors (Lipinski definition) is 2. The Morgan fingerprint density at radius 2 is 1.72 bits per heavy atom. The average Bonchev–Trinajstić information content (AvgIpc) is 2.38. The van der Waals surface area contributed by atoms with Crippen LogP contribution in [-0.4, -0.2) is 30.4 Å². The maximum atomic E-state index is 12.2. The van der Waals surface area contributed by atoms with Crippen LogP contribution in [-0.2, 0) is 17.8 Å². The summed E-state index contributed by atoms with van der Waals surface area (Å²) in [6.07, 6.45) is 1.04. The maximum Gasteiger partial charge on any atom is 0.242 e. The van der Waals surface area contributed by atoms with Crippen molar-refractivity contribution < 1.29 is 4.79 Å². The molecule has 0 saturated carbocycles. The molecule has 0 radical (unpaired) electrons. The van der Waals surface area contributed by atoms with E-state index in [0.29, 0.717) is 6.54 Å². The van der Waals surface area contributed by atoms with E-state index >= 15 is 0 Å². The van der Waals surface area contributed by atoms with Crippen LogP contribution in [0.3, 0.4) is 0 Å². The van der Waals surface area contributed by atoms with Crippen molar-refractivity contribution in [1.29, 1.82) is 0 Å². The molecule has 0 aromatic heterocycles. The fourth-order valence-electron chi connectivity index (χ4n) is 1.81. The second-order valence-electron chi connectivity index (χ2n) is 5.21. The Labute approximate surface area is 110 Å². The summed E-state index contributed by atoms with van der Waals surface area (Å²) in [4.78, 5) is 13.9. The lowest BCUT2D eigenvalue weighted by molar-refractivity contribution is -0.136. The summed E-state index contributed by atoms with van der Waals surface area (Å²) >= 11 is 0. The molecule has 1 N–H and O–H groups in total. The molecule has 0 atom stereocenters. The number of carbonyl (C=O) groups excluding carboxylic acids is 1. The average molecular weight is 248 g/mol. The number of nitrogens with one attached hydrogen (secondary N) is 1. The normalized spacial score (nSPS) is 11.4. The molecule has 1 amide bonds. The molecular formula is C15H24N2O. The molecular weight excluding hydrogens is 224 g/mol. The van der Waals surface area contributed by atoms with Crippen molar-refractivity contribution in [1.82, 2.24) is 10.2 Å². The van der Waals surface area contributed by atoms with Gasteiger partial charge in [0, 0.05) is 13.6 Å². The molecule has 1 aromatic carbocycles. The van der Waals surface area contributed by atoms with E-state index in [0.717, 1.165) is 12.0 Å².